The third-order valence-corrected chi connectivity index (χ3v) is 3.68. The first-order valence-corrected chi connectivity index (χ1v) is 7.57. The molecule has 3 amide bonds. The van der Waals surface area contributed by atoms with Crippen molar-refractivity contribution in [3.05, 3.63) is 30.1 Å². The van der Waals surface area contributed by atoms with Crippen LogP contribution in [0.15, 0.2) is 24.3 Å². The van der Waals surface area contributed by atoms with Gasteiger partial charge < -0.3 is 15.5 Å². The Labute approximate surface area is 129 Å². The lowest BCUT2D eigenvalue weighted by Crippen LogP contribution is -2.45. The van der Waals surface area contributed by atoms with Gasteiger partial charge >= 0.3 is 6.03 Å². The fourth-order valence-electron chi connectivity index (χ4n) is 2.48. The van der Waals surface area contributed by atoms with Crippen LogP contribution in [0, 0.1) is 11.7 Å². The van der Waals surface area contributed by atoms with Crippen molar-refractivity contribution in [2.24, 2.45) is 5.92 Å². The van der Waals surface area contributed by atoms with E-state index in [9.17, 15) is 14.0 Å². The molecule has 1 aromatic rings. The Balaban J connectivity index is 1.82. The van der Waals surface area contributed by atoms with Gasteiger partial charge in [0, 0.05) is 30.7 Å². The molecule has 0 saturated carbocycles. The minimum atomic E-state index is -0.338. The topological polar surface area (TPSA) is 61.4 Å². The quantitative estimate of drug-likeness (QED) is 0.901. The van der Waals surface area contributed by atoms with Crippen LogP contribution in [0.4, 0.5) is 14.9 Å². The molecule has 1 heterocycles. The average molecular weight is 307 g/mol. The van der Waals surface area contributed by atoms with Gasteiger partial charge in [0.15, 0.2) is 0 Å². The summed E-state index contributed by atoms with van der Waals surface area (Å²) < 4.78 is 12.8. The van der Waals surface area contributed by atoms with Crippen molar-refractivity contribution >= 4 is 17.6 Å². The van der Waals surface area contributed by atoms with E-state index in [0.29, 0.717) is 31.6 Å². The highest BCUT2D eigenvalue weighted by Crippen LogP contribution is 2.19. The second-order valence-electron chi connectivity index (χ2n) is 5.86. The molecular formula is C16H22FN3O2. The zero-order chi connectivity index (χ0) is 16.1. The van der Waals surface area contributed by atoms with Gasteiger partial charge in [0.1, 0.15) is 5.82 Å². The summed E-state index contributed by atoms with van der Waals surface area (Å²) in [5.41, 5.74) is 0.561. The average Bonchev–Trinajstić information content (AvgIpc) is 2.49. The van der Waals surface area contributed by atoms with Gasteiger partial charge in [0.05, 0.1) is 0 Å². The number of carbonyl (C=O) groups excluding carboxylic acids is 2. The number of rotatable bonds is 3. The predicted molar refractivity (Wildman–Crippen MR) is 83.0 cm³/mol. The number of halogens is 1. The Morgan fingerprint density at radius 3 is 2.32 bits per heavy atom. The molecule has 1 fully saturated rings. The van der Waals surface area contributed by atoms with E-state index in [1.165, 1.54) is 24.3 Å². The first-order valence-electron chi connectivity index (χ1n) is 7.57. The standard InChI is InChI=1S/C16H22FN3O2/c1-11(2)18-15(21)12-7-9-20(10-8-12)16(22)19-14-5-3-13(17)4-6-14/h3-6,11-12H,7-10H2,1-2H3,(H,18,21)(H,19,22). The van der Waals surface area contributed by atoms with Crippen LogP contribution in [0.1, 0.15) is 26.7 Å². The number of carbonyl (C=O) groups is 2. The van der Waals surface area contributed by atoms with Gasteiger partial charge in [-0.25, -0.2) is 9.18 Å². The van der Waals surface area contributed by atoms with Gasteiger partial charge in [-0.15, -0.1) is 0 Å². The Hall–Kier alpha value is -2.11. The highest BCUT2D eigenvalue weighted by atomic mass is 19.1. The molecule has 0 atom stereocenters. The maximum atomic E-state index is 12.8. The fraction of sp³-hybridized carbons (Fsp3) is 0.500. The molecule has 2 N–H and O–H groups in total. The summed E-state index contributed by atoms with van der Waals surface area (Å²) in [6, 6.07) is 5.57. The Morgan fingerprint density at radius 2 is 1.77 bits per heavy atom. The molecule has 1 aliphatic heterocycles. The summed E-state index contributed by atoms with van der Waals surface area (Å²) in [6.07, 6.45) is 1.32. The lowest BCUT2D eigenvalue weighted by Gasteiger charge is -2.31. The van der Waals surface area contributed by atoms with Crippen molar-refractivity contribution in [1.82, 2.24) is 10.2 Å². The lowest BCUT2D eigenvalue weighted by molar-refractivity contribution is -0.126. The molecule has 120 valence electrons. The minimum absolute atomic E-state index is 0.0303. The SMILES string of the molecule is CC(C)NC(=O)C1CCN(C(=O)Nc2ccc(F)cc2)CC1. The fourth-order valence-corrected chi connectivity index (χ4v) is 2.48. The number of hydrogen-bond acceptors (Lipinski definition) is 2. The summed E-state index contributed by atoms with van der Waals surface area (Å²) >= 11 is 0. The number of nitrogens with zero attached hydrogens (tertiary/aromatic N) is 1. The van der Waals surface area contributed by atoms with E-state index in [4.69, 9.17) is 0 Å². The van der Waals surface area contributed by atoms with Crippen molar-refractivity contribution in [3.63, 3.8) is 0 Å². The van der Waals surface area contributed by atoms with Crippen LogP contribution >= 0.6 is 0 Å². The summed E-state index contributed by atoms with van der Waals surface area (Å²) in [5.74, 6) is -0.305. The van der Waals surface area contributed by atoms with E-state index in [2.05, 4.69) is 10.6 Å². The molecule has 22 heavy (non-hydrogen) atoms. The van der Waals surface area contributed by atoms with E-state index >= 15 is 0 Å². The molecule has 1 aliphatic rings. The summed E-state index contributed by atoms with van der Waals surface area (Å²) in [6.45, 7) is 4.96. The number of amides is 3. The molecule has 0 aliphatic carbocycles. The zero-order valence-corrected chi connectivity index (χ0v) is 12.9. The van der Waals surface area contributed by atoms with Gasteiger partial charge in [0.2, 0.25) is 5.91 Å². The number of urea groups is 1. The van der Waals surface area contributed by atoms with Crippen LogP contribution in [0.2, 0.25) is 0 Å². The summed E-state index contributed by atoms with van der Waals surface area (Å²) in [7, 11) is 0. The molecule has 1 saturated heterocycles. The number of nitrogens with one attached hydrogen (secondary N) is 2. The van der Waals surface area contributed by atoms with Gasteiger partial charge in [-0.2, -0.15) is 0 Å². The third kappa shape index (κ3) is 4.44. The molecule has 1 aromatic carbocycles. The van der Waals surface area contributed by atoms with Crippen LogP contribution in [0.5, 0.6) is 0 Å². The monoisotopic (exact) mass is 307 g/mol. The molecule has 0 radical (unpaired) electrons. The summed E-state index contributed by atoms with van der Waals surface area (Å²) in [4.78, 5) is 25.8. The van der Waals surface area contributed by atoms with Crippen LogP contribution in [0.3, 0.4) is 0 Å². The number of anilines is 1. The Morgan fingerprint density at radius 1 is 1.18 bits per heavy atom. The van der Waals surface area contributed by atoms with Crippen molar-refractivity contribution in [1.29, 1.82) is 0 Å². The van der Waals surface area contributed by atoms with Crippen LogP contribution in [0.25, 0.3) is 0 Å². The van der Waals surface area contributed by atoms with Crippen LogP contribution in [-0.2, 0) is 4.79 Å². The number of piperidine rings is 1. The molecule has 5 nitrogen and oxygen atoms in total. The number of benzene rings is 1. The third-order valence-electron chi connectivity index (χ3n) is 3.68. The van der Waals surface area contributed by atoms with Crippen molar-refractivity contribution in [2.45, 2.75) is 32.7 Å². The molecular weight excluding hydrogens is 285 g/mol. The Bertz CT molecular complexity index is 523. The van der Waals surface area contributed by atoms with E-state index < -0.39 is 0 Å². The van der Waals surface area contributed by atoms with Gasteiger partial charge in [-0.3, -0.25) is 4.79 Å². The summed E-state index contributed by atoms with van der Waals surface area (Å²) in [5, 5.41) is 5.64. The van der Waals surface area contributed by atoms with Gasteiger partial charge in [0.25, 0.3) is 0 Å². The van der Waals surface area contributed by atoms with E-state index in [1.807, 2.05) is 13.8 Å². The molecule has 2 rings (SSSR count). The maximum Gasteiger partial charge on any atom is 0.321 e. The zero-order valence-electron chi connectivity index (χ0n) is 12.9. The van der Waals surface area contributed by atoms with Crippen molar-refractivity contribution < 1.29 is 14.0 Å². The van der Waals surface area contributed by atoms with E-state index in [1.54, 1.807) is 4.90 Å². The van der Waals surface area contributed by atoms with Crippen molar-refractivity contribution in [3.8, 4) is 0 Å². The smallest absolute Gasteiger partial charge is 0.321 e. The highest BCUT2D eigenvalue weighted by molar-refractivity contribution is 5.89. The molecule has 0 spiro atoms. The van der Waals surface area contributed by atoms with E-state index in [0.717, 1.165) is 0 Å². The van der Waals surface area contributed by atoms with Crippen molar-refractivity contribution in [2.75, 3.05) is 18.4 Å². The number of hydrogen-bond donors (Lipinski definition) is 2. The largest absolute Gasteiger partial charge is 0.354 e. The van der Waals surface area contributed by atoms with Crippen LogP contribution in [-0.4, -0.2) is 36.0 Å². The Kier molecular flexibility index (Phi) is 5.35. The predicted octanol–water partition coefficient (Wildman–Crippen LogP) is 2.59. The first-order chi connectivity index (χ1) is 10.5. The second kappa shape index (κ2) is 7.24. The molecule has 0 aromatic heterocycles. The number of likely N-dealkylation sites (tertiary alicyclic amines) is 1. The molecule has 0 unspecified atom stereocenters. The molecule has 6 heteroatoms. The van der Waals surface area contributed by atoms with Gasteiger partial charge in [-0.05, 0) is 51.0 Å². The minimum Gasteiger partial charge on any atom is -0.354 e. The van der Waals surface area contributed by atoms with Gasteiger partial charge in [-0.1, -0.05) is 0 Å². The van der Waals surface area contributed by atoms with Crippen LogP contribution < -0.4 is 10.6 Å². The normalized spacial score (nSPS) is 15.7. The molecule has 0 bridgehead atoms. The first kappa shape index (κ1) is 16.3. The second-order valence-corrected chi connectivity index (χ2v) is 5.86. The highest BCUT2D eigenvalue weighted by Gasteiger charge is 2.27. The lowest BCUT2D eigenvalue weighted by atomic mass is 9.96. The van der Waals surface area contributed by atoms with E-state index in [-0.39, 0.29) is 29.7 Å². The maximum absolute atomic E-state index is 12.8.